The Kier molecular flexibility index (Phi) is 4.55. The van der Waals surface area contributed by atoms with Crippen LogP contribution in [0.15, 0.2) is 35.7 Å². The molecular weight excluding hydrogens is 311 g/mol. The lowest BCUT2D eigenvalue weighted by Crippen LogP contribution is -2.33. The molecule has 0 saturated carbocycles. The van der Waals surface area contributed by atoms with Crippen LogP contribution < -0.4 is 5.32 Å². The highest BCUT2D eigenvalue weighted by Gasteiger charge is 2.25. The summed E-state index contributed by atoms with van der Waals surface area (Å²) in [4.78, 5) is 11.9. The molecule has 22 heavy (non-hydrogen) atoms. The molecule has 0 radical (unpaired) electrons. The molecule has 1 amide bonds. The van der Waals surface area contributed by atoms with Crippen molar-refractivity contribution in [2.75, 3.05) is 5.75 Å². The van der Waals surface area contributed by atoms with Gasteiger partial charge < -0.3 is 9.88 Å². The maximum absolute atomic E-state index is 12.8. The van der Waals surface area contributed by atoms with Gasteiger partial charge in [-0.2, -0.15) is 0 Å². The summed E-state index contributed by atoms with van der Waals surface area (Å²) in [6.45, 7) is 1.68. The van der Waals surface area contributed by atoms with Gasteiger partial charge in [0, 0.05) is 7.05 Å². The van der Waals surface area contributed by atoms with E-state index in [-0.39, 0.29) is 11.0 Å². The molecule has 1 heterocycles. The SMILES string of the molecule is C[C@H](NC(=O)CS(=O)(=O)c1nncn1C)c1ccc(F)cc1. The zero-order valence-corrected chi connectivity index (χ0v) is 12.8. The number of hydrogen-bond acceptors (Lipinski definition) is 5. The van der Waals surface area contributed by atoms with Gasteiger partial charge >= 0.3 is 0 Å². The largest absolute Gasteiger partial charge is 0.349 e. The lowest BCUT2D eigenvalue weighted by atomic mass is 10.1. The minimum atomic E-state index is -3.86. The van der Waals surface area contributed by atoms with Gasteiger partial charge in [0.2, 0.25) is 20.9 Å². The lowest BCUT2D eigenvalue weighted by molar-refractivity contribution is -0.119. The highest BCUT2D eigenvalue weighted by atomic mass is 32.2. The van der Waals surface area contributed by atoms with E-state index < -0.39 is 27.5 Å². The fraction of sp³-hybridized carbons (Fsp3) is 0.308. The molecule has 2 aromatic rings. The second-order valence-corrected chi connectivity index (χ2v) is 6.71. The van der Waals surface area contributed by atoms with Crippen LogP contribution in [0.2, 0.25) is 0 Å². The van der Waals surface area contributed by atoms with Gasteiger partial charge in [-0.05, 0) is 24.6 Å². The van der Waals surface area contributed by atoms with E-state index in [0.717, 1.165) is 0 Å². The Morgan fingerprint density at radius 2 is 2.00 bits per heavy atom. The van der Waals surface area contributed by atoms with Crippen LogP contribution in [0.5, 0.6) is 0 Å². The van der Waals surface area contributed by atoms with Gasteiger partial charge in [-0.25, -0.2) is 12.8 Å². The van der Waals surface area contributed by atoms with Crippen LogP contribution in [0.4, 0.5) is 4.39 Å². The summed E-state index contributed by atoms with van der Waals surface area (Å²) in [7, 11) is -2.39. The van der Waals surface area contributed by atoms with Crippen LogP contribution in [0.25, 0.3) is 0 Å². The van der Waals surface area contributed by atoms with E-state index in [1.54, 1.807) is 6.92 Å². The number of rotatable bonds is 5. The topological polar surface area (TPSA) is 93.9 Å². The average molecular weight is 326 g/mol. The zero-order valence-electron chi connectivity index (χ0n) is 12.0. The maximum Gasteiger partial charge on any atom is 0.249 e. The van der Waals surface area contributed by atoms with E-state index in [0.29, 0.717) is 5.56 Å². The number of nitrogens with one attached hydrogen (secondary N) is 1. The predicted octanol–water partition coefficient (Wildman–Crippen LogP) is 0.605. The summed E-state index contributed by atoms with van der Waals surface area (Å²) in [5.41, 5.74) is 0.672. The molecule has 1 aromatic heterocycles. The maximum atomic E-state index is 12.8. The molecule has 1 atom stereocenters. The molecule has 1 N–H and O–H groups in total. The summed E-state index contributed by atoms with van der Waals surface area (Å²) in [6, 6.07) is 5.15. The minimum absolute atomic E-state index is 0.267. The van der Waals surface area contributed by atoms with E-state index in [9.17, 15) is 17.6 Å². The van der Waals surface area contributed by atoms with Crippen molar-refractivity contribution >= 4 is 15.7 Å². The van der Waals surface area contributed by atoms with Crippen molar-refractivity contribution in [2.45, 2.75) is 18.1 Å². The van der Waals surface area contributed by atoms with E-state index in [1.165, 1.54) is 42.2 Å². The Hall–Kier alpha value is -2.29. The van der Waals surface area contributed by atoms with Crippen molar-refractivity contribution < 1.29 is 17.6 Å². The molecule has 9 heteroatoms. The third-order valence-electron chi connectivity index (χ3n) is 3.02. The van der Waals surface area contributed by atoms with E-state index >= 15 is 0 Å². The van der Waals surface area contributed by atoms with E-state index in [1.807, 2.05) is 0 Å². The van der Waals surface area contributed by atoms with Crippen LogP contribution >= 0.6 is 0 Å². The first-order valence-corrected chi connectivity index (χ1v) is 8.06. The van der Waals surface area contributed by atoms with E-state index in [4.69, 9.17) is 0 Å². The number of sulfone groups is 1. The minimum Gasteiger partial charge on any atom is -0.349 e. The highest BCUT2D eigenvalue weighted by Crippen LogP contribution is 2.13. The van der Waals surface area contributed by atoms with E-state index in [2.05, 4.69) is 15.5 Å². The van der Waals surface area contributed by atoms with Crippen LogP contribution in [0, 0.1) is 5.82 Å². The molecule has 0 aliphatic carbocycles. The molecule has 0 aliphatic heterocycles. The van der Waals surface area contributed by atoms with Crippen molar-refractivity contribution in [1.29, 1.82) is 0 Å². The van der Waals surface area contributed by atoms with Crippen molar-refractivity contribution in [3.05, 3.63) is 42.0 Å². The third-order valence-corrected chi connectivity index (χ3v) is 4.58. The molecule has 7 nitrogen and oxygen atoms in total. The third kappa shape index (κ3) is 3.67. The van der Waals surface area contributed by atoms with Gasteiger partial charge in [-0.3, -0.25) is 4.79 Å². The number of nitrogens with zero attached hydrogens (tertiary/aromatic N) is 3. The quantitative estimate of drug-likeness (QED) is 0.868. The van der Waals surface area contributed by atoms with Crippen molar-refractivity contribution in [2.24, 2.45) is 7.05 Å². The van der Waals surface area contributed by atoms with Crippen LogP contribution in [-0.2, 0) is 21.7 Å². The number of aromatic nitrogens is 3. The molecule has 0 bridgehead atoms. The molecule has 1 aromatic carbocycles. The monoisotopic (exact) mass is 326 g/mol. The Labute approximate surface area is 127 Å². The predicted molar refractivity (Wildman–Crippen MR) is 76.0 cm³/mol. The number of carbonyl (C=O) groups is 1. The molecule has 118 valence electrons. The Bertz CT molecular complexity index is 771. The van der Waals surface area contributed by atoms with Gasteiger partial charge in [-0.1, -0.05) is 12.1 Å². The molecule has 0 unspecified atom stereocenters. The summed E-state index contributed by atoms with van der Waals surface area (Å²) in [6.07, 6.45) is 1.24. The van der Waals surface area contributed by atoms with Crippen molar-refractivity contribution in [1.82, 2.24) is 20.1 Å². The molecule has 2 rings (SSSR count). The number of hydrogen-bond donors (Lipinski definition) is 1. The van der Waals surface area contributed by atoms with Crippen molar-refractivity contribution in [3.8, 4) is 0 Å². The first-order valence-electron chi connectivity index (χ1n) is 6.41. The standard InChI is InChI=1S/C13H15FN4O3S/c1-9(10-3-5-11(14)6-4-10)16-12(19)7-22(20,21)13-17-15-8-18(13)2/h3-6,8-9H,7H2,1-2H3,(H,16,19)/t9-/m0/s1. The number of aryl methyl sites for hydroxylation is 1. The molecular formula is C13H15FN4O3S. The lowest BCUT2D eigenvalue weighted by Gasteiger charge is -2.14. The normalized spacial score (nSPS) is 12.9. The first-order chi connectivity index (χ1) is 10.3. The average Bonchev–Trinajstić information content (AvgIpc) is 2.85. The van der Waals surface area contributed by atoms with Crippen LogP contribution in [0.3, 0.4) is 0 Å². The van der Waals surface area contributed by atoms with Crippen LogP contribution in [0.1, 0.15) is 18.5 Å². The van der Waals surface area contributed by atoms with Gasteiger partial charge in [0.05, 0.1) is 6.04 Å². The number of halogens is 1. The fourth-order valence-corrected chi connectivity index (χ4v) is 3.12. The Morgan fingerprint density at radius 1 is 1.36 bits per heavy atom. The summed E-state index contributed by atoms with van der Waals surface area (Å²) in [5.74, 6) is -1.78. The van der Waals surface area contributed by atoms with Gasteiger partial charge in [0.1, 0.15) is 17.9 Å². The summed E-state index contributed by atoms with van der Waals surface area (Å²) < 4.78 is 38.2. The highest BCUT2D eigenvalue weighted by molar-refractivity contribution is 7.91. The second kappa shape index (κ2) is 6.22. The Morgan fingerprint density at radius 3 is 2.55 bits per heavy atom. The number of amides is 1. The number of carbonyl (C=O) groups excluding carboxylic acids is 1. The smallest absolute Gasteiger partial charge is 0.249 e. The fourth-order valence-electron chi connectivity index (χ4n) is 1.91. The number of benzene rings is 1. The first kappa shape index (κ1) is 16.1. The Balaban J connectivity index is 2.04. The summed E-state index contributed by atoms with van der Waals surface area (Å²) in [5, 5.41) is 9.26. The van der Waals surface area contributed by atoms with Gasteiger partial charge in [0.15, 0.2) is 0 Å². The molecule has 0 fully saturated rings. The van der Waals surface area contributed by atoms with Gasteiger partial charge in [0.25, 0.3) is 0 Å². The van der Waals surface area contributed by atoms with Crippen LogP contribution in [-0.4, -0.2) is 34.8 Å². The molecule has 0 spiro atoms. The van der Waals surface area contributed by atoms with Gasteiger partial charge in [-0.15, -0.1) is 10.2 Å². The van der Waals surface area contributed by atoms with Crippen molar-refractivity contribution in [3.63, 3.8) is 0 Å². The second-order valence-electron chi connectivity index (χ2n) is 4.82. The summed E-state index contributed by atoms with van der Waals surface area (Å²) >= 11 is 0. The molecule has 0 saturated heterocycles. The molecule has 0 aliphatic rings. The zero-order chi connectivity index (χ0) is 16.3.